The van der Waals surface area contributed by atoms with Crippen molar-refractivity contribution in [2.45, 2.75) is 24.9 Å². The molecule has 4 fully saturated rings. The average molecular weight is 355 g/mol. The van der Waals surface area contributed by atoms with Gasteiger partial charge in [0.05, 0.1) is 14.2 Å². The second kappa shape index (κ2) is 7.81. The van der Waals surface area contributed by atoms with Crippen molar-refractivity contribution in [2.24, 2.45) is 23.7 Å². The summed E-state index contributed by atoms with van der Waals surface area (Å²) >= 11 is 0. The first-order valence-corrected chi connectivity index (χ1v) is 7.28. The summed E-state index contributed by atoms with van der Waals surface area (Å²) in [4.78, 5) is 21.9. The molecule has 2 saturated carbocycles. The Bertz CT molecular complexity index is 386. The topological polar surface area (TPSA) is 76.7 Å². The number of carbonyl (C=O) groups excluding carboxylic acids is 2. The predicted octanol–water partition coefficient (Wildman–Crippen LogP) is 0.378. The van der Waals surface area contributed by atoms with Crippen LogP contribution in [0, 0.1) is 23.7 Å². The van der Waals surface area contributed by atoms with E-state index in [9.17, 15) is 9.59 Å². The number of rotatable bonds is 2. The van der Waals surface area contributed by atoms with Crippen molar-refractivity contribution < 1.29 is 19.1 Å². The summed E-state index contributed by atoms with van der Waals surface area (Å²) in [5, 5.41) is 6.26. The molecule has 0 aromatic carbocycles. The van der Waals surface area contributed by atoms with Crippen LogP contribution in [0.25, 0.3) is 0 Å². The zero-order valence-corrected chi connectivity index (χ0v) is 14.4. The van der Waals surface area contributed by atoms with Crippen LogP contribution >= 0.6 is 24.8 Å². The summed E-state index contributed by atoms with van der Waals surface area (Å²) < 4.78 is 9.26. The zero-order chi connectivity index (χ0) is 14.3. The van der Waals surface area contributed by atoms with Crippen LogP contribution in [0.15, 0.2) is 0 Å². The predicted molar refractivity (Wildman–Crippen MR) is 85.3 cm³/mol. The number of hydrogen-bond acceptors (Lipinski definition) is 6. The van der Waals surface area contributed by atoms with E-state index in [1.54, 1.807) is 0 Å². The smallest absolute Gasteiger partial charge is 0.323 e. The van der Waals surface area contributed by atoms with Crippen LogP contribution in [0.2, 0.25) is 0 Å². The number of ether oxygens (including phenoxy) is 2. The largest absolute Gasteiger partial charge is 0.468 e. The fourth-order valence-corrected chi connectivity index (χ4v) is 3.46. The summed E-state index contributed by atoms with van der Waals surface area (Å²) in [6.07, 6.45) is 2.43. The van der Waals surface area contributed by atoms with Crippen LogP contribution in [0.4, 0.5) is 0 Å². The summed E-state index contributed by atoms with van der Waals surface area (Å²) in [7, 11) is 2.89. The molecule has 0 aromatic rings. The van der Waals surface area contributed by atoms with Gasteiger partial charge >= 0.3 is 11.9 Å². The lowest BCUT2D eigenvalue weighted by atomic mass is 10.2. The van der Waals surface area contributed by atoms with E-state index in [-0.39, 0.29) is 48.8 Å². The van der Waals surface area contributed by atoms with Gasteiger partial charge in [-0.15, -0.1) is 24.8 Å². The normalized spacial score (nSPS) is 38.8. The van der Waals surface area contributed by atoms with Crippen molar-refractivity contribution in [3.8, 4) is 0 Å². The number of hydrogen-bond donors (Lipinski definition) is 2. The molecule has 2 aliphatic carbocycles. The Morgan fingerprint density at radius 3 is 1.36 bits per heavy atom. The van der Waals surface area contributed by atoms with E-state index in [1.807, 2.05) is 0 Å². The van der Waals surface area contributed by atoms with E-state index < -0.39 is 0 Å². The van der Waals surface area contributed by atoms with Gasteiger partial charge in [0.1, 0.15) is 12.1 Å². The van der Waals surface area contributed by atoms with E-state index >= 15 is 0 Å². The fourth-order valence-electron chi connectivity index (χ4n) is 3.46. The number of piperidine rings is 2. The van der Waals surface area contributed by atoms with Crippen LogP contribution in [0.1, 0.15) is 12.8 Å². The standard InChI is InChI=1S/2C7H11NO2.2ClH/c2*1-10-7(9)6-5-2-4(5)3-8-6;;/h2*4-6,8H,2-3H2,1H3;2*1H/t2*4-,5-,6-;;/m10../s1. The fraction of sp³-hybridized carbons (Fsp3) is 0.857. The second-order valence-electron chi connectivity index (χ2n) is 6.14. The Morgan fingerprint density at radius 1 is 0.818 bits per heavy atom. The molecule has 4 rings (SSSR count). The van der Waals surface area contributed by atoms with Crippen LogP contribution in [-0.4, -0.2) is 51.3 Å². The van der Waals surface area contributed by atoms with E-state index in [0.29, 0.717) is 11.8 Å². The molecule has 0 amide bonds. The molecule has 6 nitrogen and oxygen atoms in total. The number of nitrogens with one attached hydrogen (secondary N) is 2. The van der Waals surface area contributed by atoms with Gasteiger partial charge in [-0.25, -0.2) is 0 Å². The first-order chi connectivity index (χ1) is 9.65. The van der Waals surface area contributed by atoms with Crippen molar-refractivity contribution in [3.05, 3.63) is 0 Å². The van der Waals surface area contributed by atoms with Crippen molar-refractivity contribution in [1.82, 2.24) is 10.6 Å². The number of methoxy groups -OCH3 is 2. The minimum absolute atomic E-state index is 0. The van der Waals surface area contributed by atoms with Crippen LogP contribution in [0.5, 0.6) is 0 Å². The van der Waals surface area contributed by atoms with Crippen molar-refractivity contribution in [3.63, 3.8) is 0 Å². The Labute approximate surface area is 142 Å². The van der Waals surface area contributed by atoms with Gasteiger partial charge in [0.15, 0.2) is 0 Å². The van der Waals surface area contributed by atoms with Crippen LogP contribution in [0.3, 0.4) is 0 Å². The maximum atomic E-state index is 11.0. The quantitative estimate of drug-likeness (QED) is 0.698. The molecule has 22 heavy (non-hydrogen) atoms. The Hall–Kier alpha value is -0.560. The molecule has 4 aliphatic rings. The van der Waals surface area contributed by atoms with Gasteiger partial charge in [0.25, 0.3) is 0 Å². The Morgan fingerprint density at radius 2 is 1.18 bits per heavy atom. The highest BCUT2D eigenvalue weighted by molar-refractivity contribution is 5.85. The van der Waals surface area contributed by atoms with Gasteiger partial charge < -0.3 is 20.1 Å². The molecule has 8 heteroatoms. The molecule has 6 atom stereocenters. The molecule has 2 heterocycles. The molecular weight excluding hydrogens is 331 g/mol. The molecular formula is C14H24Cl2N2O4. The average Bonchev–Trinajstić information content (AvgIpc) is 3.36. The summed E-state index contributed by atoms with van der Waals surface area (Å²) in [5.74, 6) is 2.53. The van der Waals surface area contributed by atoms with E-state index in [2.05, 4.69) is 20.1 Å². The second-order valence-corrected chi connectivity index (χ2v) is 6.14. The van der Waals surface area contributed by atoms with Gasteiger partial charge in [0.2, 0.25) is 0 Å². The van der Waals surface area contributed by atoms with Gasteiger partial charge in [-0.05, 0) is 49.6 Å². The molecule has 128 valence electrons. The number of esters is 2. The molecule has 0 aromatic heterocycles. The molecule has 0 spiro atoms. The van der Waals surface area contributed by atoms with Gasteiger partial charge in [0, 0.05) is 0 Å². The number of fused-ring (bicyclic) bond motifs is 2. The molecule has 0 unspecified atom stereocenters. The highest BCUT2D eigenvalue weighted by atomic mass is 35.5. The third kappa shape index (κ3) is 3.85. The van der Waals surface area contributed by atoms with E-state index in [0.717, 1.165) is 24.9 Å². The van der Waals surface area contributed by atoms with Crippen molar-refractivity contribution >= 4 is 36.8 Å². The van der Waals surface area contributed by atoms with Crippen molar-refractivity contribution in [1.29, 1.82) is 0 Å². The Balaban J connectivity index is 0.000000202. The summed E-state index contributed by atoms with van der Waals surface area (Å²) in [6.45, 7) is 2.01. The molecule has 2 saturated heterocycles. The molecule has 2 aliphatic heterocycles. The summed E-state index contributed by atoms with van der Waals surface area (Å²) in [6, 6.07) is 0.0185. The SMILES string of the molecule is COC(=O)[C@@H]1NC[C@H]2C[C@H]21.COC(=O)[C@H]1NC[C@@H]2C[C@@H]21.Cl.Cl. The molecule has 0 bridgehead atoms. The minimum atomic E-state index is -0.0926. The van der Waals surface area contributed by atoms with Gasteiger partial charge in [-0.2, -0.15) is 0 Å². The highest BCUT2D eigenvalue weighted by Gasteiger charge is 2.52. The van der Waals surface area contributed by atoms with Crippen LogP contribution < -0.4 is 10.6 Å². The zero-order valence-electron chi connectivity index (χ0n) is 12.7. The van der Waals surface area contributed by atoms with Crippen molar-refractivity contribution in [2.75, 3.05) is 27.3 Å². The van der Waals surface area contributed by atoms with Crippen LogP contribution in [-0.2, 0) is 19.1 Å². The third-order valence-corrected chi connectivity index (χ3v) is 4.92. The minimum Gasteiger partial charge on any atom is -0.468 e. The lowest BCUT2D eigenvalue weighted by molar-refractivity contribution is -0.144. The maximum Gasteiger partial charge on any atom is 0.323 e. The Kier molecular flexibility index (Phi) is 6.92. The molecule has 0 radical (unpaired) electrons. The lowest BCUT2D eigenvalue weighted by Gasteiger charge is -2.08. The first-order valence-electron chi connectivity index (χ1n) is 7.28. The van der Waals surface area contributed by atoms with E-state index in [1.165, 1.54) is 27.1 Å². The molecule has 2 N–H and O–H groups in total. The highest BCUT2D eigenvalue weighted by Crippen LogP contribution is 2.45. The van der Waals surface area contributed by atoms with Gasteiger partial charge in [-0.1, -0.05) is 0 Å². The number of carbonyl (C=O) groups is 2. The first kappa shape index (κ1) is 19.5. The van der Waals surface area contributed by atoms with E-state index in [4.69, 9.17) is 0 Å². The maximum absolute atomic E-state index is 11.0. The third-order valence-electron chi connectivity index (χ3n) is 4.92. The van der Waals surface area contributed by atoms with Gasteiger partial charge in [-0.3, -0.25) is 9.59 Å². The summed E-state index contributed by atoms with van der Waals surface area (Å²) in [5.41, 5.74) is 0. The lowest BCUT2D eigenvalue weighted by Crippen LogP contribution is -2.35. The number of halogens is 2. The monoisotopic (exact) mass is 354 g/mol.